The SMILES string of the molecule is CC1CN(Cc2ccc(O)c(N)c2)CC1C. The van der Waals surface area contributed by atoms with Gasteiger partial charge in [-0.15, -0.1) is 0 Å². The Balaban J connectivity index is 2.02. The van der Waals surface area contributed by atoms with Crippen molar-refractivity contribution in [3.63, 3.8) is 0 Å². The number of phenols is 1. The molecular formula is C13H20N2O. The van der Waals surface area contributed by atoms with Gasteiger partial charge in [-0.05, 0) is 29.5 Å². The lowest BCUT2D eigenvalue weighted by molar-refractivity contribution is 0.316. The molecule has 1 aliphatic heterocycles. The van der Waals surface area contributed by atoms with E-state index in [2.05, 4.69) is 18.7 Å². The van der Waals surface area contributed by atoms with Crippen LogP contribution in [0.25, 0.3) is 0 Å². The van der Waals surface area contributed by atoms with Gasteiger partial charge in [0.25, 0.3) is 0 Å². The predicted molar refractivity (Wildman–Crippen MR) is 66.1 cm³/mol. The van der Waals surface area contributed by atoms with Crippen molar-refractivity contribution in [1.82, 2.24) is 4.90 Å². The second-order valence-electron chi connectivity index (χ2n) is 5.04. The van der Waals surface area contributed by atoms with Crippen LogP contribution in [0.2, 0.25) is 0 Å². The van der Waals surface area contributed by atoms with E-state index in [4.69, 9.17) is 5.73 Å². The molecule has 1 aliphatic rings. The maximum Gasteiger partial charge on any atom is 0.138 e. The van der Waals surface area contributed by atoms with Crippen LogP contribution in [0.5, 0.6) is 5.75 Å². The van der Waals surface area contributed by atoms with Gasteiger partial charge in [0.15, 0.2) is 0 Å². The fourth-order valence-electron chi connectivity index (χ4n) is 2.34. The molecule has 0 aliphatic carbocycles. The topological polar surface area (TPSA) is 49.5 Å². The molecule has 0 saturated carbocycles. The number of benzene rings is 1. The number of rotatable bonds is 2. The minimum Gasteiger partial charge on any atom is -0.506 e. The first kappa shape index (κ1) is 11.3. The second kappa shape index (κ2) is 4.34. The zero-order valence-electron chi connectivity index (χ0n) is 9.98. The molecule has 0 radical (unpaired) electrons. The highest BCUT2D eigenvalue weighted by Gasteiger charge is 2.25. The quantitative estimate of drug-likeness (QED) is 0.592. The summed E-state index contributed by atoms with van der Waals surface area (Å²) in [5.74, 6) is 1.72. The van der Waals surface area contributed by atoms with Crippen LogP contribution >= 0.6 is 0 Å². The third kappa shape index (κ3) is 2.30. The summed E-state index contributed by atoms with van der Waals surface area (Å²) < 4.78 is 0. The normalized spacial score (nSPS) is 26.1. The van der Waals surface area contributed by atoms with Gasteiger partial charge in [-0.3, -0.25) is 4.90 Å². The van der Waals surface area contributed by atoms with Crippen molar-refractivity contribution in [3.8, 4) is 5.75 Å². The molecule has 2 rings (SSSR count). The molecule has 0 spiro atoms. The average Bonchev–Trinajstić information content (AvgIpc) is 2.52. The van der Waals surface area contributed by atoms with E-state index in [9.17, 15) is 5.11 Å². The summed E-state index contributed by atoms with van der Waals surface area (Å²) in [6, 6.07) is 5.48. The lowest BCUT2D eigenvalue weighted by Gasteiger charge is -2.15. The molecule has 2 atom stereocenters. The molecule has 1 saturated heterocycles. The third-order valence-electron chi connectivity index (χ3n) is 3.56. The van der Waals surface area contributed by atoms with Crippen molar-refractivity contribution >= 4 is 5.69 Å². The Bertz CT molecular complexity index is 368. The molecule has 1 heterocycles. The summed E-state index contributed by atoms with van der Waals surface area (Å²) in [4.78, 5) is 2.45. The molecule has 0 amide bonds. The van der Waals surface area contributed by atoms with Crippen molar-refractivity contribution in [2.24, 2.45) is 11.8 Å². The average molecular weight is 220 g/mol. The van der Waals surface area contributed by atoms with Gasteiger partial charge in [0.2, 0.25) is 0 Å². The summed E-state index contributed by atoms with van der Waals surface area (Å²) in [5, 5.41) is 9.35. The molecule has 88 valence electrons. The molecule has 3 heteroatoms. The van der Waals surface area contributed by atoms with E-state index in [1.807, 2.05) is 12.1 Å². The smallest absolute Gasteiger partial charge is 0.138 e. The summed E-state index contributed by atoms with van der Waals surface area (Å²) in [6.45, 7) is 7.84. The minimum atomic E-state index is 0.173. The van der Waals surface area contributed by atoms with E-state index >= 15 is 0 Å². The van der Waals surface area contributed by atoms with Crippen LogP contribution in [0.1, 0.15) is 19.4 Å². The van der Waals surface area contributed by atoms with Crippen molar-refractivity contribution in [2.75, 3.05) is 18.8 Å². The van der Waals surface area contributed by atoms with Crippen molar-refractivity contribution in [3.05, 3.63) is 23.8 Å². The number of phenolic OH excluding ortho intramolecular Hbond substituents is 1. The fraction of sp³-hybridized carbons (Fsp3) is 0.538. The van der Waals surface area contributed by atoms with Crippen LogP contribution in [0.4, 0.5) is 5.69 Å². The number of nitrogens with zero attached hydrogens (tertiary/aromatic N) is 1. The van der Waals surface area contributed by atoms with Crippen molar-refractivity contribution in [2.45, 2.75) is 20.4 Å². The predicted octanol–water partition coefficient (Wildman–Crippen LogP) is 2.06. The van der Waals surface area contributed by atoms with E-state index in [1.165, 1.54) is 5.56 Å². The Hall–Kier alpha value is -1.22. The van der Waals surface area contributed by atoms with Gasteiger partial charge in [0, 0.05) is 19.6 Å². The summed E-state index contributed by atoms with van der Waals surface area (Å²) in [5.41, 5.74) is 7.33. The molecule has 0 bridgehead atoms. The number of likely N-dealkylation sites (tertiary alicyclic amines) is 1. The highest BCUT2D eigenvalue weighted by Crippen LogP contribution is 2.26. The van der Waals surface area contributed by atoms with Gasteiger partial charge >= 0.3 is 0 Å². The van der Waals surface area contributed by atoms with Crippen LogP contribution < -0.4 is 5.73 Å². The molecule has 16 heavy (non-hydrogen) atoms. The monoisotopic (exact) mass is 220 g/mol. The van der Waals surface area contributed by atoms with Gasteiger partial charge in [-0.1, -0.05) is 19.9 Å². The minimum absolute atomic E-state index is 0.173. The number of hydrogen-bond acceptors (Lipinski definition) is 3. The Morgan fingerprint density at radius 1 is 1.31 bits per heavy atom. The van der Waals surface area contributed by atoms with Gasteiger partial charge in [-0.2, -0.15) is 0 Å². The van der Waals surface area contributed by atoms with Crippen LogP contribution in [-0.2, 0) is 6.54 Å². The first-order valence-corrected chi connectivity index (χ1v) is 5.86. The summed E-state index contributed by atoms with van der Waals surface area (Å²) in [7, 11) is 0. The molecule has 3 N–H and O–H groups in total. The van der Waals surface area contributed by atoms with E-state index in [0.717, 1.165) is 31.5 Å². The third-order valence-corrected chi connectivity index (χ3v) is 3.56. The lowest BCUT2D eigenvalue weighted by Crippen LogP contribution is -2.20. The number of hydrogen-bond donors (Lipinski definition) is 2. The molecule has 1 aromatic rings. The Morgan fingerprint density at radius 3 is 2.50 bits per heavy atom. The molecule has 0 aromatic heterocycles. The zero-order valence-corrected chi connectivity index (χ0v) is 9.98. The van der Waals surface area contributed by atoms with Gasteiger partial charge in [0.1, 0.15) is 5.75 Å². The molecule has 2 unspecified atom stereocenters. The van der Waals surface area contributed by atoms with Crippen LogP contribution in [-0.4, -0.2) is 23.1 Å². The van der Waals surface area contributed by atoms with Crippen LogP contribution in [0.15, 0.2) is 18.2 Å². The first-order chi connectivity index (χ1) is 7.56. The highest BCUT2D eigenvalue weighted by atomic mass is 16.3. The van der Waals surface area contributed by atoms with E-state index < -0.39 is 0 Å². The van der Waals surface area contributed by atoms with Gasteiger partial charge in [-0.25, -0.2) is 0 Å². The summed E-state index contributed by atoms with van der Waals surface area (Å²) in [6.07, 6.45) is 0. The number of aromatic hydroxyl groups is 1. The number of anilines is 1. The highest BCUT2D eigenvalue weighted by molar-refractivity contribution is 5.53. The Kier molecular flexibility index (Phi) is 3.06. The lowest BCUT2D eigenvalue weighted by atomic mass is 10.0. The standard InChI is InChI=1S/C13H20N2O/c1-9-6-15(7-10(9)2)8-11-3-4-13(16)12(14)5-11/h3-5,9-10,16H,6-8,14H2,1-2H3. The van der Waals surface area contributed by atoms with Gasteiger partial charge < -0.3 is 10.8 Å². The fourth-order valence-corrected chi connectivity index (χ4v) is 2.34. The molecular weight excluding hydrogens is 200 g/mol. The largest absolute Gasteiger partial charge is 0.506 e. The maximum absolute atomic E-state index is 9.35. The van der Waals surface area contributed by atoms with Gasteiger partial charge in [0.05, 0.1) is 5.69 Å². The van der Waals surface area contributed by atoms with Crippen LogP contribution in [0, 0.1) is 11.8 Å². The molecule has 1 fully saturated rings. The van der Waals surface area contributed by atoms with E-state index in [-0.39, 0.29) is 5.75 Å². The van der Waals surface area contributed by atoms with Crippen molar-refractivity contribution < 1.29 is 5.11 Å². The van der Waals surface area contributed by atoms with E-state index in [0.29, 0.717) is 5.69 Å². The number of nitrogen functional groups attached to an aromatic ring is 1. The Labute approximate surface area is 96.9 Å². The molecule has 3 nitrogen and oxygen atoms in total. The van der Waals surface area contributed by atoms with Crippen LogP contribution in [0.3, 0.4) is 0 Å². The Morgan fingerprint density at radius 2 is 1.94 bits per heavy atom. The summed E-state index contributed by atoms with van der Waals surface area (Å²) >= 11 is 0. The van der Waals surface area contributed by atoms with E-state index in [1.54, 1.807) is 6.07 Å². The second-order valence-corrected chi connectivity index (χ2v) is 5.04. The first-order valence-electron chi connectivity index (χ1n) is 5.86. The van der Waals surface area contributed by atoms with Crippen molar-refractivity contribution in [1.29, 1.82) is 0 Å². The maximum atomic E-state index is 9.35. The zero-order chi connectivity index (χ0) is 11.7. The molecule has 1 aromatic carbocycles. The number of nitrogens with two attached hydrogens (primary N) is 1.